The fourth-order valence-corrected chi connectivity index (χ4v) is 3.64. The number of nitrogens with zero attached hydrogens (tertiary/aromatic N) is 1. The van der Waals surface area contributed by atoms with E-state index >= 15 is 0 Å². The Morgan fingerprint density at radius 3 is 2.12 bits per heavy atom. The van der Waals surface area contributed by atoms with Gasteiger partial charge in [0.1, 0.15) is 0 Å². The molecular weight excluding hydrogens is 340 g/mol. The maximum atomic E-state index is 9.77. The monoisotopic (exact) mass is 366 g/mol. The van der Waals surface area contributed by atoms with Gasteiger partial charge in [0.2, 0.25) is 0 Å². The Bertz CT molecular complexity index is 593. The molecule has 0 spiro atoms. The molecule has 0 aromatic heterocycles. The van der Waals surface area contributed by atoms with Gasteiger partial charge in [0.25, 0.3) is 0 Å². The fraction of sp³-hybridized carbons (Fsp3) is 0.556. The van der Waals surface area contributed by atoms with E-state index in [9.17, 15) is 9.59 Å². The standard InChI is InChI=1S/C14H20N2.C4H6O6/c15-14-7-6-12-9-16(10-13(12)14)8-11-4-2-1-3-5-11;5-1(3(7)8)2(6)4(9)10/h1-5,12-14H,6-10,15H2;1-2,5-6H,(H,7,8)(H,9,10)/t12-,13+,14+;1-,2-/m11/s1. The minimum absolute atomic E-state index is 0.464. The van der Waals surface area contributed by atoms with Crippen molar-refractivity contribution in [2.75, 3.05) is 13.1 Å². The van der Waals surface area contributed by atoms with Crippen molar-refractivity contribution in [1.29, 1.82) is 0 Å². The summed E-state index contributed by atoms with van der Waals surface area (Å²) in [5.74, 6) is -1.90. The average Bonchev–Trinajstić information content (AvgIpc) is 3.16. The summed E-state index contributed by atoms with van der Waals surface area (Å²) in [6.45, 7) is 3.56. The van der Waals surface area contributed by atoms with Crippen LogP contribution in [0.2, 0.25) is 0 Å². The van der Waals surface area contributed by atoms with E-state index in [0.717, 1.165) is 18.4 Å². The zero-order valence-corrected chi connectivity index (χ0v) is 14.4. The van der Waals surface area contributed by atoms with Crippen LogP contribution in [0.5, 0.6) is 0 Å². The number of carboxylic acid groups (broad SMARTS) is 2. The molecule has 5 atom stereocenters. The maximum Gasteiger partial charge on any atom is 0.335 e. The van der Waals surface area contributed by atoms with E-state index in [1.807, 2.05) is 0 Å². The van der Waals surface area contributed by atoms with Crippen molar-refractivity contribution in [2.45, 2.75) is 37.6 Å². The molecule has 0 bridgehead atoms. The van der Waals surface area contributed by atoms with Gasteiger partial charge in [-0.1, -0.05) is 30.3 Å². The van der Waals surface area contributed by atoms with Gasteiger partial charge >= 0.3 is 11.9 Å². The normalized spacial score (nSPS) is 27.1. The second-order valence-electron chi connectivity index (χ2n) is 6.91. The highest BCUT2D eigenvalue weighted by molar-refractivity contribution is 5.83. The molecule has 1 saturated carbocycles. The molecule has 26 heavy (non-hydrogen) atoms. The number of likely N-dealkylation sites (tertiary alicyclic amines) is 1. The van der Waals surface area contributed by atoms with Crippen LogP contribution in [-0.4, -0.2) is 68.6 Å². The van der Waals surface area contributed by atoms with Crippen molar-refractivity contribution in [1.82, 2.24) is 4.90 Å². The molecule has 1 saturated heterocycles. The summed E-state index contributed by atoms with van der Waals surface area (Å²) in [5, 5.41) is 32.5. The fourth-order valence-electron chi connectivity index (χ4n) is 3.64. The van der Waals surface area contributed by atoms with E-state index in [2.05, 4.69) is 35.2 Å². The number of hydrogen-bond donors (Lipinski definition) is 5. The quantitative estimate of drug-likeness (QED) is 0.479. The zero-order chi connectivity index (χ0) is 19.3. The highest BCUT2D eigenvalue weighted by Crippen LogP contribution is 2.37. The van der Waals surface area contributed by atoms with Gasteiger partial charge < -0.3 is 26.2 Å². The number of carbonyl (C=O) groups is 2. The highest BCUT2D eigenvalue weighted by atomic mass is 16.4. The van der Waals surface area contributed by atoms with E-state index in [1.165, 1.54) is 31.5 Å². The van der Waals surface area contributed by atoms with Gasteiger partial charge in [0.05, 0.1) is 0 Å². The van der Waals surface area contributed by atoms with Gasteiger partial charge in [-0.15, -0.1) is 0 Å². The van der Waals surface area contributed by atoms with Crippen molar-refractivity contribution in [3.8, 4) is 0 Å². The van der Waals surface area contributed by atoms with E-state index < -0.39 is 24.1 Å². The van der Waals surface area contributed by atoms with Crippen LogP contribution in [0, 0.1) is 11.8 Å². The van der Waals surface area contributed by atoms with E-state index in [0.29, 0.717) is 6.04 Å². The maximum absolute atomic E-state index is 9.77. The lowest BCUT2D eigenvalue weighted by molar-refractivity contribution is -0.165. The van der Waals surface area contributed by atoms with E-state index in [-0.39, 0.29) is 0 Å². The summed E-state index contributed by atoms with van der Waals surface area (Å²) in [6.07, 6.45) is -1.94. The Morgan fingerprint density at radius 2 is 1.62 bits per heavy atom. The van der Waals surface area contributed by atoms with Gasteiger partial charge in [-0.2, -0.15) is 0 Å². The molecule has 0 radical (unpaired) electrons. The van der Waals surface area contributed by atoms with Crippen LogP contribution in [0.15, 0.2) is 30.3 Å². The molecule has 8 heteroatoms. The molecule has 1 aromatic carbocycles. The number of fused-ring (bicyclic) bond motifs is 1. The lowest BCUT2D eigenvalue weighted by atomic mass is 9.98. The number of aliphatic carboxylic acids is 2. The molecule has 3 rings (SSSR count). The third kappa shape index (κ3) is 5.25. The molecule has 1 heterocycles. The van der Waals surface area contributed by atoms with Crippen molar-refractivity contribution in [2.24, 2.45) is 17.6 Å². The summed E-state index contributed by atoms with van der Waals surface area (Å²) < 4.78 is 0. The highest BCUT2D eigenvalue weighted by Gasteiger charge is 2.40. The first-order valence-electron chi connectivity index (χ1n) is 8.63. The molecule has 8 nitrogen and oxygen atoms in total. The second kappa shape index (κ2) is 9.09. The van der Waals surface area contributed by atoms with Crippen LogP contribution < -0.4 is 5.73 Å². The Balaban J connectivity index is 0.000000213. The molecule has 144 valence electrons. The molecule has 0 amide bonds. The smallest absolute Gasteiger partial charge is 0.335 e. The lowest BCUT2D eigenvalue weighted by Gasteiger charge is -2.18. The summed E-state index contributed by atoms with van der Waals surface area (Å²) in [4.78, 5) is 22.1. The van der Waals surface area contributed by atoms with Crippen LogP contribution in [0.1, 0.15) is 18.4 Å². The van der Waals surface area contributed by atoms with Gasteiger partial charge in [-0.25, -0.2) is 9.59 Å². The molecule has 6 N–H and O–H groups in total. The second-order valence-corrected chi connectivity index (χ2v) is 6.91. The summed E-state index contributed by atoms with van der Waals surface area (Å²) >= 11 is 0. The minimum atomic E-state index is -2.27. The minimum Gasteiger partial charge on any atom is -0.479 e. The van der Waals surface area contributed by atoms with Crippen LogP contribution in [0.4, 0.5) is 0 Å². The average molecular weight is 366 g/mol. The summed E-state index contributed by atoms with van der Waals surface area (Å²) in [7, 11) is 0. The van der Waals surface area contributed by atoms with Crippen molar-refractivity contribution in [3.05, 3.63) is 35.9 Å². The SMILES string of the molecule is N[C@H]1CC[C@@H]2CN(Cc3ccccc3)C[C@@H]21.O=C(O)[C@H](O)[C@@H](O)C(=O)O. The molecule has 2 fully saturated rings. The van der Waals surface area contributed by atoms with Gasteiger partial charge in [-0.05, 0) is 30.2 Å². The van der Waals surface area contributed by atoms with Crippen molar-refractivity contribution in [3.63, 3.8) is 0 Å². The Hall–Kier alpha value is -2.00. The molecule has 1 aliphatic heterocycles. The largest absolute Gasteiger partial charge is 0.479 e. The number of aliphatic hydroxyl groups is 2. The van der Waals surface area contributed by atoms with Gasteiger partial charge in [0.15, 0.2) is 12.2 Å². The number of carboxylic acids is 2. The topological polar surface area (TPSA) is 144 Å². The number of rotatable bonds is 5. The third-order valence-electron chi connectivity index (χ3n) is 5.04. The summed E-state index contributed by atoms with van der Waals surface area (Å²) in [5.41, 5.74) is 7.58. The number of nitrogens with two attached hydrogens (primary N) is 1. The van der Waals surface area contributed by atoms with Gasteiger partial charge in [-0.3, -0.25) is 4.90 Å². The van der Waals surface area contributed by atoms with Crippen molar-refractivity contribution < 1.29 is 30.0 Å². The molecular formula is C18H26N2O6. The number of hydrogen-bond acceptors (Lipinski definition) is 6. The Kier molecular flexibility index (Phi) is 7.10. The number of benzene rings is 1. The third-order valence-corrected chi connectivity index (χ3v) is 5.04. The molecule has 1 aliphatic carbocycles. The summed E-state index contributed by atoms with van der Waals surface area (Å²) in [6, 6.07) is 11.2. The molecule has 2 aliphatic rings. The van der Waals surface area contributed by atoms with Crippen LogP contribution in [-0.2, 0) is 16.1 Å². The predicted octanol–water partition coefficient (Wildman–Crippen LogP) is -0.267. The van der Waals surface area contributed by atoms with Crippen LogP contribution in [0.25, 0.3) is 0 Å². The number of aliphatic hydroxyl groups excluding tert-OH is 2. The van der Waals surface area contributed by atoms with E-state index in [1.54, 1.807) is 0 Å². The molecule has 1 aromatic rings. The zero-order valence-electron chi connectivity index (χ0n) is 14.4. The predicted molar refractivity (Wildman–Crippen MR) is 93.2 cm³/mol. The Morgan fingerprint density at radius 1 is 1.04 bits per heavy atom. The van der Waals surface area contributed by atoms with Gasteiger partial charge in [0, 0.05) is 25.7 Å². The lowest BCUT2D eigenvalue weighted by Crippen LogP contribution is -2.39. The first-order chi connectivity index (χ1) is 12.3. The Labute approximate surface area is 151 Å². The van der Waals surface area contributed by atoms with E-state index in [4.69, 9.17) is 26.2 Å². The molecule has 0 unspecified atom stereocenters. The first kappa shape index (κ1) is 20.3. The van der Waals surface area contributed by atoms with Crippen LogP contribution >= 0.6 is 0 Å². The van der Waals surface area contributed by atoms with Crippen LogP contribution in [0.3, 0.4) is 0 Å². The van der Waals surface area contributed by atoms with Crippen molar-refractivity contribution >= 4 is 11.9 Å². The first-order valence-corrected chi connectivity index (χ1v) is 8.63.